The molecule has 8 heteroatoms. The Hall–Kier alpha value is -0.873. The van der Waals surface area contributed by atoms with E-state index in [9.17, 15) is 13.2 Å². The van der Waals surface area contributed by atoms with Crippen LogP contribution in [0.2, 0.25) is 25.7 Å². The summed E-state index contributed by atoms with van der Waals surface area (Å²) in [5, 5.41) is 0. The summed E-state index contributed by atoms with van der Waals surface area (Å²) < 4.78 is 46.6. The predicted molar refractivity (Wildman–Crippen MR) is 99.5 cm³/mol. The van der Waals surface area contributed by atoms with Crippen LogP contribution in [-0.2, 0) is 17.6 Å². The monoisotopic (exact) mass is 468 g/mol. The van der Waals surface area contributed by atoms with Crippen LogP contribution in [0.5, 0.6) is 0 Å². The average molecular weight is 468 g/mol. The lowest BCUT2D eigenvalue weighted by molar-refractivity contribution is -0.137. The van der Waals surface area contributed by atoms with E-state index in [0.717, 1.165) is 18.2 Å². The summed E-state index contributed by atoms with van der Waals surface area (Å²) in [6.07, 6.45) is -2.63. The van der Waals surface area contributed by atoms with E-state index < -0.39 is 19.8 Å². The van der Waals surface area contributed by atoms with Gasteiger partial charge in [-0.1, -0.05) is 31.8 Å². The first-order valence-electron chi connectivity index (χ1n) is 7.54. The number of nitrogens with zero attached hydrogens (tertiary/aromatic N) is 2. The maximum Gasteiger partial charge on any atom is 0.416 e. The summed E-state index contributed by atoms with van der Waals surface area (Å²) in [4.78, 5) is 4.34. The summed E-state index contributed by atoms with van der Waals surface area (Å²) in [5.41, 5.74) is 0.291. The quantitative estimate of drug-likeness (QED) is 0.319. The molecular weight excluding hydrogens is 448 g/mol. The second-order valence-corrected chi connectivity index (χ2v) is 13.4. The third-order valence-corrected chi connectivity index (χ3v) is 6.01. The molecule has 0 aliphatic carbocycles. The molecule has 3 nitrogen and oxygen atoms in total. The van der Waals surface area contributed by atoms with Crippen molar-refractivity contribution in [3.05, 3.63) is 39.9 Å². The number of alkyl halides is 3. The molecule has 2 rings (SSSR count). The van der Waals surface area contributed by atoms with E-state index in [4.69, 9.17) is 4.74 Å². The topological polar surface area (TPSA) is 27.1 Å². The number of benzene rings is 1. The number of hydrogen-bond donors (Lipinski definition) is 0. The third kappa shape index (κ3) is 5.59. The number of rotatable bonds is 6. The Kier molecular flexibility index (Phi) is 6.13. The molecule has 0 radical (unpaired) electrons. The van der Waals surface area contributed by atoms with Crippen molar-refractivity contribution in [1.29, 1.82) is 0 Å². The van der Waals surface area contributed by atoms with Crippen LogP contribution in [0.4, 0.5) is 13.2 Å². The molecule has 1 aromatic heterocycles. The molecule has 0 aliphatic rings. The number of imidazole rings is 1. The first-order chi connectivity index (χ1) is 11.1. The van der Waals surface area contributed by atoms with E-state index in [1.165, 1.54) is 6.07 Å². The first kappa shape index (κ1) is 19.5. The van der Waals surface area contributed by atoms with Gasteiger partial charge in [-0.05, 0) is 18.2 Å². The van der Waals surface area contributed by atoms with Gasteiger partial charge >= 0.3 is 6.18 Å². The van der Waals surface area contributed by atoms with Crippen molar-refractivity contribution in [2.75, 3.05) is 6.61 Å². The lowest BCUT2D eigenvalue weighted by Crippen LogP contribution is -2.22. The van der Waals surface area contributed by atoms with Gasteiger partial charge in [-0.15, -0.1) is 0 Å². The van der Waals surface area contributed by atoms with Crippen LogP contribution >= 0.6 is 22.6 Å². The Morgan fingerprint density at radius 2 is 1.96 bits per heavy atom. The maximum atomic E-state index is 12.8. The van der Waals surface area contributed by atoms with Gasteiger partial charge in [-0.3, -0.25) is 0 Å². The molecule has 24 heavy (non-hydrogen) atoms. The second-order valence-electron chi connectivity index (χ2n) is 6.79. The third-order valence-electron chi connectivity index (χ3n) is 3.44. The van der Waals surface area contributed by atoms with Crippen LogP contribution in [0.3, 0.4) is 0 Å². The molecular formula is C16H20F3IN2OSi. The Morgan fingerprint density at radius 3 is 2.58 bits per heavy atom. The van der Waals surface area contributed by atoms with Crippen LogP contribution < -0.4 is 0 Å². The highest BCUT2D eigenvalue weighted by Gasteiger charge is 2.30. The molecule has 0 amide bonds. The van der Waals surface area contributed by atoms with Crippen LogP contribution in [0.15, 0.2) is 30.5 Å². The minimum Gasteiger partial charge on any atom is -0.361 e. The molecule has 0 saturated heterocycles. The second kappa shape index (κ2) is 7.57. The number of halogens is 4. The molecule has 1 aromatic carbocycles. The fraction of sp³-hybridized carbons (Fsp3) is 0.438. The smallest absolute Gasteiger partial charge is 0.361 e. The molecule has 132 valence electrons. The number of hydrogen-bond acceptors (Lipinski definition) is 2. The highest BCUT2D eigenvalue weighted by Crippen LogP contribution is 2.32. The zero-order valence-electron chi connectivity index (χ0n) is 13.8. The molecule has 2 aromatic rings. The van der Waals surface area contributed by atoms with Gasteiger partial charge in [0.1, 0.15) is 6.73 Å². The Bertz CT molecular complexity index is 695. The SMILES string of the molecule is C[Si](C)(C)CCOCn1cc(-c2cccc(C(F)(F)F)c2)nc1I. The van der Waals surface area contributed by atoms with Crippen LogP contribution in [0, 0.1) is 3.83 Å². The number of aromatic nitrogens is 2. The number of ether oxygens (including phenoxy) is 1. The molecule has 0 N–H and O–H groups in total. The summed E-state index contributed by atoms with van der Waals surface area (Å²) in [6.45, 7) is 7.88. The zero-order valence-corrected chi connectivity index (χ0v) is 17.0. The van der Waals surface area contributed by atoms with Gasteiger partial charge < -0.3 is 9.30 Å². The minimum absolute atomic E-state index is 0.356. The van der Waals surface area contributed by atoms with E-state index >= 15 is 0 Å². The largest absolute Gasteiger partial charge is 0.416 e. The lowest BCUT2D eigenvalue weighted by atomic mass is 10.1. The highest BCUT2D eigenvalue weighted by atomic mass is 127. The summed E-state index contributed by atoms with van der Waals surface area (Å²) in [6, 6.07) is 6.27. The molecule has 0 aliphatic heterocycles. The van der Waals surface area contributed by atoms with Crippen LogP contribution in [-0.4, -0.2) is 24.2 Å². The maximum absolute atomic E-state index is 12.8. The standard InChI is InChI=1S/C16H20F3IN2OSi/c1-24(2,3)8-7-23-11-22-10-14(21-15(22)20)12-5-4-6-13(9-12)16(17,18)19/h4-6,9-10H,7-8,11H2,1-3H3. The molecule has 0 spiro atoms. The van der Waals surface area contributed by atoms with E-state index in [2.05, 4.69) is 47.2 Å². The summed E-state index contributed by atoms with van der Waals surface area (Å²) >= 11 is 2.06. The molecule has 0 atom stereocenters. The Morgan fingerprint density at radius 1 is 1.25 bits per heavy atom. The first-order valence-corrected chi connectivity index (χ1v) is 12.3. The van der Waals surface area contributed by atoms with Gasteiger partial charge in [0.05, 0.1) is 11.3 Å². The van der Waals surface area contributed by atoms with E-state index in [0.29, 0.717) is 28.4 Å². The van der Waals surface area contributed by atoms with E-state index in [1.807, 2.05) is 0 Å². The molecule has 0 fully saturated rings. The zero-order chi connectivity index (χ0) is 18.0. The van der Waals surface area contributed by atoms with Crippen LogP contribution in [0.1, 0.15) is 5.56 Å². The Balaban J connectivity index is 2.09. The van der Waals surface area contributed by atoms with Crippen molar-refractivity contribution >= 4 is 30.7 Å². The fourth-order valence-corrected chi connectivity index (χ4v) is 3.31. The van der Waals surface area contributed by atoms with Crippen molar-refractivity contribution in [1.82, 2.24) is 9.55 Å². The van der Waals surface area contributed by atoms with Gasteiger partial charge in [-0.25, -0.2) is 4.98 Å². The van der Waals surface area contributed by atoms with Crippen molar-refractivity contribution < 1.29 is 17.9 Å². The van der Waals surface area contributed by atoms with Crippen molar-refractivity contribution in [3.8, 4) is 11.3 Å². The minimum atomic E-state index is -4.36. The van der Waals surface area contributed by atoms with Gasteiger partial charge in [-0.2, -0.15) is 13.2 Å². The average Bonchev–Trinajstić information content (AvgIpc) is 2.83. The van der Waals surface area contributed by atoms with E-state index in [-0.39, 0.29) is 0 Å². The fourth-order valence-electron chi connectivity index (χ4n) is 2.02. The van der Waals surface area contributed by atoms with Crippen molar-refractivity contribution in [2.24, 2.45) is 0 Å². The molecule has 1 heterocycles. The molecule has 0 unspecified atom stereocenters. The molecule has 0 bridgehead atoms. The molecule has 0 saturated carbocycles. The summed E-state index contributed by atoms with van der Waals surface area (Å²) in [5.74, 6) is 0. The lowest BCUT2D eigenvalue weighted by Gasteiger charge is -2.15. The predicted octanol–water partition coefficient (Wildman–Crippen LogP) is 5.49. The van der Waals surface area contributed by atoms with E-state index in [1.54, 1.807) is 16.8 Å². The normalized spacial score (nSPS) is 12.6. The Labute approximate surface area is 154 Å². The summed E-state index contributed by atoms with van der Waals surface area (Å²) in [7, 11) is -1.14. The van der Waals surface area contributed by atoms with Gasteiger partial charge in [0.25, 0.3) is 0 Å². The van der Waals surface area contributed by atoms with Crippen LogP contribution in [0.25, 0.3) is 11.3 Å². The van der Waals surface area contributed by atoms with Gasteiger partial charge in [0, 0.05) is 49.0 Å². The van der Waals surface area contributed by atoms with Crippen molar-refractivity contribution in [2.45, 2.75) is 38.6 Å². The highest BCUT2D eigenvalue weighted by molar-refractivity contribution is 14.1. The van der Waals surface area contributed by atoms with Gasteiger partial charge in [0.15, 0.2) is 3.83 Å². The van der Waals surface area contributed by atoms with Crippen molar-refractivity contribution in [3.63, 3.8) is 0 Å². The van der Waals surface area contributed by atoms with Gasteiger partial charge in [0.2, 0.25) is 0 Å².